The Morgan fingerprint density at radius 1 is 0.821 bits per heavy atom. The van der Waals surface area contributed by atoms with Gasteiger partial charge in [-0.05, 0) is 34.7 Å². The van der Waals surface area contributed by atoms with Crippen LogP contribution in [0.25, 0.3) is 0 Å². The van der Waals surface area contributed by atoms with Crippen molar-refractivity contribution in [1.82, 2.24) is 14.5 Å². The summed E-state index contributed by atoms with van der Waals surface area (Å²) in [4.78, 5) is 29.0. The van der Waals surface area contributed by atoms with Gasteiger partial charge in [0.15, 0.2) is 0 Å². The van der Waals surface area contributed by atoms with Crippen LogP contribution >= 0.6 is 11.6 Å². The zero-order chi connectivity index (χ0) is 28.4. The van der Waals surface area contributed by atoms with E-state index < -0.39 is 28.5 Å². The van der Waals surface area contributed by atoms with Crippen LogP contribution in [0.1, 0.15) is 30.5 Å². The van der Waals surface area contributed by atoms with E-state index >= 15 is 0 Å². The van der Waals surface area contributed by atoms with E-state index in [9.17, 15) is 18.0 Å². The molecule has 1 N–H and O–H groups in total. The van der Waals surface area contributed by atoms with Crippen LogP contribution < -0.4 is 5.32 Å². The zero-order valence-corrected chi connectivity index (χ0v) is 24.2. The topological polar surface area (TPSA) is 86.8 Å². The minimum absolute atomic E-state index is 0.0447. The van der Waals surface area contributed by atoms with E-state index in [-0.39, 0.29) is 31.3 Å². The molecule has 9 heteroatoms. The van der Waals surface area contributed by atoms with Crippen molar-refractivity contribution in [3.8, 4) is 0 Å². The monoisotopic (exact) mass is 569 g/mol. The molecule has 0 unspecified atom stereocenters. The summed E-state index contributed by atoms with van der Waals surface area (Å²) in [5.41, 5.74) is 2.42. The molecule has 0 aliphatic heterocycles. The molecular formula is C30H36ClN3O4S. The van der Waals surface area contributed by atoms with Gasteiger partial charge in [-0.1, -0.05) is 98.2 Å². The summed E-state index contributed by atoms with van der Waals surface area (Å²) in [6, 6.07) is 24.8. The molecular weight excluding hydrogens is 534 g/mol. The molecule has 0 fully saturated rings. The average Bonchev–Trinajstić information content (AvgIpc) is 2.90. The molecule has 0 bridgehead atoms. The number of carbonyl (C=O) groups excluding carboxylic acids is 2. The van der Waals surface area contributed by atoms with Gasteiger partial charge in [0.05, 0.1) is 12.8 Å². The molecule has 3 aromatic carbocycles. The first-order valence-corrected chi connectivity index (χ1v) is 15.1. The number of rotatable bonds is 13. The molecule has 0 aromatic heterocycles. The van der Waals surface area contributed by atoms with Crippen molar-refractivity contribution in [2.75, 3.05) is 19.3 Å². The number of hydrogen-bond acceptors (Lipinski definition) is 4. The smallest absolute Gasteiger partial charge is 0.243 e. The predicted molar refractivity (Wildman–Crippen MR) is 155 cm³/mol. The fraction of sp³-hybridized carbons (Fsp3) is 0.333. The van der Waals surface area contributed by atoms with Gasteiger partial charge >= 0.3 is 0 Å². The molecule has 0 radical (unpaired) electrons. The van der Waals surface area contributed by atoms with E-state index in [1.165, 1.54) is 4.90 Å². The number of hydrogen-bond donors (Lipinski definition) is 1. The lowest BCUT2D eigenvalue weighted by atomic mass is 10.0. The number of nitrogens with zero attached hydrogens (tertiary/aromatic N) is 2. The lowest BCUT2D eigenvalue weighted by molar-refractivity contribution is -0.141. The molecule has 0 heterocycles. The molecule has 39 heavy (non-hydrogen) atoms. The average molecular weight is 570 g/mol. The van der Waals surface area contributed by atoms with E-state index in [4.69, 9.17) is 11.6 Å². The lowest BCUT2D eigenvalue weighted by Crippen LogP contribution is -2.53. The van der Waals surface area contributed by atoms with Crippen LogP contribution in [0.15, 0.2) is 84.9 Å². The Labute approximate surface area is 236 Å². The van der Waals surface area contributed by atoms with E-state index in [1.807, 2.05) is 74.5 Å². The Morgan fingerprint density at radius 2 is 1.36 bits per heavy atom. The third-order valence-corrected chi connectivity index (χ3v) is 7.65. The van der Waals surface area contributed by atoms with Crippen molar-refractivity contribution in [1.29, 1.82) is 0 Å². The van der Waals surface area contributed by atoms with Crippen LogP contribution in [0.2, 0.25) is 5.02 Å². The highest BCUT2D eigenvalue weighted by molar-refractivity contribution is 7.88. The summed E-state index contributed by atoms with van der Waals surface area (Å²) in [6.45, 7) is 4.21. The van der Waals surface area contributed by atoms with Gasteiger partial charge in [0.25, 0.3) is 0 Å². The number of halogens is 1. The minimum Gasteiger partial charge on any atom is -0.354 e. The van der Waals surface area contributed by atoms with Crippen molar-refractivity contribution in [3.05, 3.63) is 107 Å². The molecule has 2 amide bonds. The van der Waals surface area contributed by atoms with Crippen LogP contribution in [0.5, 0.6) is 0 Å². The molecule has 0 saturated carbocycles. The molecule has 0 saturated heterocycles. The number of sulfonamides is 1. The number of amides is 2. The Morgan fingerprint density at radius 3 is 1.90 bits per heavy atom. The first-order chi connectivity index (χ1) is 18.5. The molecule has 7 nitrogen and oxygen atoms in total. The third kappa shape index (κ3) is 9.80. The highest BCUT2D eigenvalue weighted by Gasteiger charge is 2.32. The molecule has 208 valence electrons. The van der Waals surface area contributed by atoms with Gasteiger partial charge in [0.1, 0.15) is 6.04 Å². The van der Waals surface area contributed by atoms with Gasteiger partial charge < -0.3 is 10.2 Å². The normalized spacial score (nSPS) is 12.4. The van der Waals surface area contributed by atoms with Crippen LogP contribution in [0.4, 0.5) is 0 Å². The lowest BCUT2D eigenvalue weighted by Gasteiger charge is -2.33. The maximum absolute atomic E-state index is 13.9. The van der Waals surface area contributed by atoms with Gasteiger partial charge in [-0.2, -0.15) is 4.31 Å². The highest BCUT2D eigenvalue weighted by atomic mass is 35.5. The number of benzene rings is 3. The first-order valence-electron chi connectivity index (χ1n) is 12.9. The first kappa shape index (κ1) is 30.3. The van der Waals surface area contributed by atoms with Crippen molar-refractivity contribution in [3.63, 3.8) is 0 Å². The van der Waals surface area contributed by atoms with Crippen LogP contribution in [0.3, 0.4) is 0 Å². The Bertz CT molecular complexity index is 1320. The SMILES string of the molecule is CC(C)CNC(=O)[C@H](Cc1ccccc1)N(Cc1ccc(Cl)cc1)C(=O)CN(Cc1ccccc1)S(C)(=O)=O. The van der Waals surface area contributed by atoms with Crippen molar-refractivity contribution < 1.29 is 18.0 Å². The van der Waals surface area contributed by atoms with Gasteiger partial charge in [-0.15, -0.1) is 0 Å². The number of nitrogens with one attached hydrogen (secondary N) is 1. The summed E-state index contributed by atoms with van der Waals surface area (Å²) in [5, 5.41) is 3.52. The molecule has 0 aliphatic rings. The highest BCUT2D eigenvalue weighted by Crippen LogP contribution is 2.18. The second-order valence-corrected chi connectivity index (χ2v) is 12.4. The summed E-state index contributed by atoms with van der Waals surface area (Å²) >= 11 is 6.08. The van der Waals surface area contributed by atoms with Crippen molar-refractivity contribution >= 4 is 33.4 Å². The maximum atomic E-state index is 13.9. The molecule has 0 spiro atoms. The van der Waals surface area contributed by atoms with Gasteiger partial charge in [-0.3, -0.25) is 9.59 Å². The van der Waals surface area contributed by atoms with Crippen molar-refractivity contribution in [2.24, 2.45) is 5.92 Å². The van der Waals surface area contributed by atoms with Crippen LogP contribution in [-0.2, 0) is 39.1 Å². The van der Waals surface area contributed by atoms with Gasteiger partial charge in [0, 0.05) is 31.1 Å². The van der Waals surface area contributed by atoms with Crippen LogP contribution in [0, 0.1) is 5.92 Å². The summed E-state index contributed by atoms with van der Waals surface area (Å²) < 4.78 is 26.6. The second-order valence-electron chi connectivity index (χ2n) is 10.0. The zero-order valence-electron chi connectivity index (χ0n) is 22.6. The largest absolute Gasteiger partial charge is 0.354 e. The van der Waals surface area contributed by atoms with Gasteiger partial charge in [0.2, 0.25) is 21.8 Å². The number of carbonyl (C=O) groups is 2. The summed E-state index contributed by atoms with van der Waals surface area (Å²) in [6.07, 6.45) is 1.37. The Hall–Kier alpha value is -3.20. The summed E-state index contributed by atoms with van der Waals surface area (Å²) in [7, 11) is -3.73. The molecule has 3 rings (SSSR count). The molecule has 3 aromatic rings. The van der Waals surface area contributed by atoms with E-state index in [2.05, 4.69) is 5.32 Å². The Balaban J connectivity index is 1.98. The van der Waals surface area contributed by atoms with E-state index in [0.29, 0.717) is 11.6 Å². The van der Waals surface area contributed by atoms with Crippen LogP contribution in [-0.4, -0.2) is 54.8 Å². The maximum Gasteiger partial charge on any atom is 0.243 e. The minimum atomic E-state index is -3.73. The summed E-state index contributed by atoms with van der Waals surface area (Å²) in [5.74, 6) is -0.533. The quantitative estimate of drug-likeness (QED) is 0.328. The fourth-order valence-corrected chi connectivity index (χ4v) is 4.94. The molecule has 0 aliphatic carbocycles. The van der Waals surface area contributed by atoms with E-state index in [0.717, 1.165) is 27.3 Å². The second kappa shape index (κ2) is 14.3. The van der Waals surface area contributed by atoms with Crippen molar-refractivity contribution in [2.45, 2.75) is 39.4 Å². The van der Waals surface area contributed by atoms with E-state index in [1.54, 1.807) is 24.3 Å². The third-order valence-electron chi connectivity index (χ3n) is 6.20. The van der Waals surface area contributed by atoms with Gasteiger partial charge in [-0.25, -0.2) is 8.42 Å². The fourth-order valence-electron chi connectivity index (χ4n) is 4.08. The molecule has 1 atom stereocenters. The standard InChI is InChI=1S/C30H36ClN3O4S/c1-23(2)19-32-30(36)28(18-24-10-6-4-7-11-24)34(21-26-14-16-27(31)17-15-26)29(35)22-33(39(3,37)38)20-25-12-8-5-9-13-25/h4-17,23,28H,18-22H2,1-3H3,(H,32,36)/t28-/m0/s1. The predicted octanol–water partition coefficient (Wildman–Crippen LogP) is 4.51. The Kier molecular flexibility index (Phi) is 11.1.